The van der Waals surface area contributed by atoms with Crippen molar-refractivity contribution in [2.45, 2.75) is 11.8 Å². The molecular weight excluding hydrogens is 427 g/mol. The van der Waals surface area contributed by atoms with E-state index in [1.807, 2.05) is 6.07 Å². The molecule has 0 bridgehead atoms. The van der Waals surface area contributed by atoms with E-state index in [9.17, 15) is 12.8 Å². The minimum atomic E-state index is -4.05. The molecule has 1 aromatic heterocycles. The van der Waals surface area contributed by atoms with Crippen LogP contribution >= 0.6 is 11.6 Å². The van der Waals surface area contributed by atoms with Crippen molar-refractivity contribution in [3.63, 3.8) is 0 Å². The summed E-state index contributed by atoms with van der Waals surface area (Å²) in [5, 5.41) is 3.48. The number of nitrogens with one attached hydrogen (secondary N) is 2. The summed E-state index contributed by atoms with van der Waals surface area (Å²) in [6.07, 6.45) is 0. The summed E-state index contributed by atoms with van der Waals surface area (Å²) in [4.78, 5) is 8.88. The molecule has 0 aliphatic carbocycles. The molecule has 0 saturated heterocycles. The summed E-state index contributed by atoms with van der Waals surface area (Å²) in [7, 11) is -4.05. The Morgan fingerprint density at radius 3 is 2.20 bits per heavy atom. The Bertz CT molecular complexity index is 1360. The fourth-order valence-electron chi connectivity index (χ4n) is 2.95. The molecule has 0 spiro atoms. The van der Waals surface area contributed by atoms with Crippen molar-refractivity contribution in [1.82, 2.24) is 9.97 Å². The number of hydrogen-bond donors (Lipinski definition) is 2. The lowest BCUT2D eigenvalue weighted by Gasteiger charge is -2.15. The molecule has 0 aliphatic rings. The summed E-state index contributed by atoms with van der Waals surface area (Å²) in [6, 6.07) is 17.5. The van der Waals surface area contributed by atoms with E-state index >= 15 is 0 Å². The zero-order valence-electron chi connectivity index (χ0n) is 15.7. The first kappa shape index (κ1) is 20.1. The van der Waals surface area contributed by atoms with Gasteiger partial charge in [0.15, 0.2) is 11.6 Å². The van der Waals surface area contributed by atoms with Crippen LogP contribution in [0.2, 0.25) is 5.02 Å². The summed E-state index contributed by atoms with van der Waals surface area (Å²) in [6.45, 7) is 1.52. The van der Waals surface area contributed by atoms with Crippen molar-refractivity contribution in [3.05, 3.63) is 83.1 Å². The zero-order valence-corrected chi connectivity index (χ0v) is 17.3. The van der Waals surface area contributed by atoms with Gasteiger partial charge in [-0.15, -0.1) is 0 Å². The van der Waals surface area contributed by atoms with E-state index in [1.54, 1.807) is 42.5 Å². The minimum Gasteiger partial charge on any atom is -0.336 e. The molecule has 6 nitrogen and oxygen atoms in total. The highest BCUT2D eigenvalue weighted by molar-refractivity contribution is 7.92. The van der Waals surface area contributed by atoms with Crippen LogP contribution in [0.4, 0.5) is 21.7 Å². The number of para-hydroxylation sites is 3. The third-order valence-electron chi connectivity index (χ3n) is 4.36. The molecule has 0 atom stereocenters. The number of benzene rings is 3. The number of aromatic nitrogens is 2. The first-order valence-electron chi connectivity index (χ1n) is 8.91. The Balaban J connectivity index is 1.81. The van der Waals surface area contributed by atoms with Crippen LogP contribution in [0.25, 0.3) is 11.0 Å². The van der Waals surface area contributed by atoms with Crippen molar-refractivity contribution >= 4 is 50.0 Å². The van der Waals surface area contributed by atoms with Crippen LogP contribution in [0.5, 0.6) is 0 Å². The van der Waals surface area contributed by atoms with Crippen LogP contribution in [-0.2, 0) is 10.0 Å². The SMILES string of the molecule is Cc1cc(F)ccc1S(=O)(=O)Nc1nc2ccccc2nc1Nc1ccccc1Cl. The number of fused-ring (bicyclic) bond motifs is 1. The molecule has 1 heterocycles. The third-order valence-corrected chi connectivity index (χ3v) is 6.18. The number of sulfonamides is 1. The highest BCUT2D eigenvalue weighted by Crippen LogP contribution is 2.30. The second-order valence-corrected chi connectivity index (χ2v) is 8.59. The van der Waals surface area contributed by atoms with E-state index in [2.05, 4.69) is 20.0 Å². The average molecular weight is 443 g/mol. The number of anilines is 3. The molecule has 4 aromatic rings. The molecule has 4 rings (SSSR count). The van der Waals surface area contributed by atoms with E-state index in [0.717, 1.165) is 12.1 Å². The van der Waals surface area contributed by atoms with E-state index in [0.29, 0.717) is 21.7 Å². The smallest absolute Gasteiger partial charge is 0.263 e. The van der Waals surface area contributed by atoms with E-state index < -0.39 is 15.8 Å². The number of halogens is 2. The maximum absolute atomic E-state index is 13.4. The lowest BCUT2D eigenvalue weighted by molar-refractivity contribution is 0.598. The Morgan fingerprint density at radius 1 is 0.900 bits per heavy atom. The monoisotopic (exact) mass is 442 g/mol. The summed E-state index contributed by atoms with van der Waals surface area (Å²) >= 11 is 6.22. The molecule has 3 aromatic carbocycles. The van der Waals surface area contributed by atoms with Gasteiger partial charge >= 0.3 is 0 Å². The van der Waals surface area contributed by atoms with E-state index in [-0.39, 0.29) is 22.1 Å². The lowest BCUT2D eigenvalue weighted by atomic mass is 10.2. The van der Waals surface area contributed by atoms with Crippen LogP contribution in [0.3, 0.4) is 0 Å². The topological polar surface area (TPSA) is 84.0 Å². The zero-order chi connectivity index (χ0) is 21.3. The second-order valence-electron chi connectivity index (χ2n) is 6.53. The minimum absolute atomic E-state index is 0.00246. The molecule has 0 unspecified atom stereocenters. The first-order chi connectivity index (χ1) is 14.3. The van der Waals surface area contributed by atoms with Crippen LogP contribution < -0.4 is 10.0 Å². The molecule has 152 valence electrons. The highest BCUT2D eigenvalue weighted by Gasteiger charge is 2.21. The molecule has 0 amide bonds. The maximum Gasteiger partial charge on any atom is 0.263 e. The largest absolute Gasteiger partial charge is 0.336 e. The molecule has 2 N–H and O–H groups in total. The predicted octanol–water partition coefficient (Wildman–Crippen LogP) is 5.28. The molecule has 0 radical (unpaired) electrons. The summed E-state index contributed by atoms with van der Waals surface area (Å²) in [5.74, 6) is -0.333. The van der Waals surface area contributed by atoms with Crippen LogP contribution in [0.15, 0.2) is 71.6 Å². The number of hydrogen-bond acceptors (Lipinski definition) is 5. The summed E-state index contributed by atoms with van der Waals surface area (Å²) in [5.41, 5.74) is 1.91. The van der Waals surface area contributed by atoms with E-state index in [4.69, 9.17) is 11.6 Å². The summed E-state index contributed by atoms with van der Waals surface area (Å²) < 4.78 is 41.9. The van der Waals surface area contributed by atoms with Crippen LogP contribution in [-0.4, -0.2) is 18.4 Å². The first-order valence-corrected chi connectivity index (χ1v) is 10.8. The van der Waals surface area contributed by atoms with Gasteiger partial charge in [0.1, 0.15) is 5.82 Å². The molecule has 9 heteroatoms. The standard InChI is InChI=1S/C21H16ClFN4O2S/c1-13-12-14(23)10-11-19(13)30(28,29)27-21-20(24-16-7-3-2-6-15(16)22)25-17-8-4-5-9-18(17)26-21/h2-12H,1H3,(H,24,25)(H,26,27). The quantitative estimate of drug-likeness (QED) is 0.439. The van der Waals surface area contributed by atoms with Crippen molar-refractivity contribution in [2.24, 2.45) is 0 Å². The van der Waals surface area contributed by atoms with Gasteiger partial charge in [0.05, 0.1) is 26.6 Å². The van der Waals surface area contributed by atoms with Gasteiger partial charge in [0, 0.05) is 0 Å². The van der Waals surface area contributed by atoms with E-state index in [1.165, 1.54) is 13.0 Å². The fraction of sp³-hybridized carbons (Fsp3) is 0.0476. The van der Waals surface area contributed by atoms with Gasteiger partial charge in [-0.25, -0.2) is 22.8 Å². The van der Waals surface area contributed by atoms with Gasteiger partial charge in [-0.3, -0.25) is 4.72 Å². The van der Waals surface area contributed by atoms with Gasteiger partial charge in [0.2, 0.25) is 0 Å². The number of rotatable bonds is 5. The third kappa shape index (κ3) is 4.05. The molecule has 0 fully saturated rings. The van der Waals surface area contributed by atoms with Gasteiger partial charge in [-0.05, 0) is 55.0 Å². The normalized spacial score (nSPS) is 11.4. The Morgan fingerprint density at radius 2 is 1.53 bits per heavy atom. The van der Waals surface area contributed by atoms with Crippen molar-refractivity contribution in [2.75, 3.05) is 10.0 Å². The molecular formula is C21H16ClFN4O2S. The fourth-order valence-corrected chi connectivity index (χ4v) is 4.36. The Kier molecular flexibility index (Phi) is 5.27. The van der Waals surface area contributed by atoms with Crippen molar-refractivity contribution < 1.29 is 12.8 Å². The van der Waals surface area contributed by atoms with Crippen LogP contribution in [0, 0.1) is 12.7 Å². The van der Waals surface area contributed by atoms with Gasteiger partial charge < -0.3 is 5.32 Å². The number of aryl methyl sites for hydroxylation is 1. The highest BCUT2D eigenvalue weighted by atomic mass is 35.5. The van der Waals surface area contributed by atoms with Gasteiger partial charge in [-0.1, -0.05) is 35.9 Å². The second kappa shape index (κ2) is 7.89. The van der Waals surface area contributed by atoms with Gasteiger partial charge in [0.25, 0.3) is 10.0 Å². The number of nitrogens with zero attached hydrogens (tertiary/aromatic N) is 2. The molecule has 30 heavy (non-hydrogen) atoms. The Hall–Kier alpha value is -3.23. The average Bonchev–Trinajstić information content (AvgIpc) is 2.69. The lowest BCUT2D eigenvalue weighted by Crippen LogP contribution is -2.17. The molecule has 0 saturated carbocycles. The van der Waals surface area contributed by atoms with Crippen molar-refractivity contribution in [3.8, 4) is 0 Å². The maximum atomic E-state index is 13.4. The van der Waals surface area contributed by atoms with Crippen LogP contribution in [0.1, 0.15) is 5.56 Å². The Labute approximate surface area is 177 Å². The molecule has 0 aliphatic heterocycles. The predicted molar refractivity (Wildman–Crippen MR) is 116 cm³/mol. The van der Waals surface area contributed by atoms with Crippen molar-refractivity contribution in [1.29, 1.82) is 0 Å². The van der Waals surface area contributed by atoms with Gasteiger partial charge in [-0.2, -0.15) is 0 Å².